The lowest BCUT2D eigenvalue weighted by molar-refractivity contribution is -0.139. The lowest BCUT2D eigenvalue weighted by Crippen LogP contribution is -2.57. The maximum Gasteiger partial charge on any atom is 0.317 e. The first kappa shape index (κ1) is 18.1. The maximum absolute atomic E-state index is 12.3. The summed E-state index contributed by atoms with van der Waals surface area (Å²) < 4.78 is 0. The zero-order chi connectivity index (χ0) is 18.3. The fraction of sp³-hybridized carbons (Fsp3) is 0.900. The van der Waals surface area contributed by atoms with E-state index in [0.717, 1.165) is 49.6 Å². The Morgan fingerprint density at radius 2 is 1.62 bits per heavy atom. The molecule has 0 radical (unpaired) electrons. The van der Waals surface area contributed by atoms with E-state index in [-0.39, 0.29) is 24.7 Å². The van der Waals surface area contributed by atoms with Gasteiger partial charge in [0.2, 0.25) is 0 Å². The highest BCUT2D eigenvalue weighted by Crippen LogP contribution is 2.56. The van der Waals surface area contributed by atoms with Gasteiger partial charge in [-0.15, -0.1) is 0 Å². The van der Waals surface area contributed by atoms with Crippen LogP contribution in [0.15, 0.2) is 0 Å². The van der Waals surface area contributed by atoms with Crippen molar-refractivity contribution >= 4 is 12.0 Å². The standard InChI is InChI=1S/C20H33N3O3/c1-2-23(11-19(24)25)17-8-16(9-17)22-20(26)21-10-18-14-4-12-3-13(6-14)7-15(18)5-12/h12-18H,2-11H2,1H3,(H,24,25)(H2,21,22,26). The van der Waals surface area contributed by atoms with Gasteiger partial charge in [-0.3, -0.25) is 9.69 Å². The van der Waals surface area contributed by atoms with Gasteiger partial charge in [0.15, 0.2) is 0 Å². The van der Waals surface area contributed by atoms with Gasteiger partial charge in [-0.25, -0.2) is 4.79 Å². The van der Waals surface area contributed by atoms with Crippen molar-refractivity contribution in [2.45, 2.75) is 64.0 Å². The Labute approximate surface area is 156 Å². The molecule has 0 aromatic heterocycles. The van der Waals surface area contributed by atoms with E-state index in [2.05, 4.69) is 10.6 Å². The first-order valence-corrected chi connectivity index (χ1v) is 10.5. The molecule has 0 aliphatic heterocycles. The molecule has 4 bridgehead atoms. The highest BCUT2D eigenvalue weighted by atomic mass is 16.4. The fourth-order valence-corrected chi connectivity index (χ4v) is 6.49. The number of carboxylic acids is 1. The Hall–Kier alpha value is -1.30. The molecule has 6 heteroatoms. The van der Waals surface area contributed by atoms with Gasteiger partial charge < -0.3 is 15.7 Å². The van der Waals surface area contributed by atoms with E-state index in [1.54, 1.807) is 0 Å². The van der Waals surface area contributed by atoms with Crippen molar-refractivity contribution in [1.29, 1.82) is 0 Å². The number of urea groups is 1. The van der Waals surface area contributed by atoms with E-state index in [4.69, 9.17) is 5.11 Å². The molecule has 0 saturated heterocycles. The number of hydrogen-bond acceptors (Lipinski definition) is 3. The van der Waals surface area contributed by atoms with Crippen molar-refractivity contribution in [3.05, 3.63) is 0 Å². The van der Waals surface area contributed by atoms with Crippen LogP contribution in [-0.4, -0.2) is 53.7 Å². The molecule has 0 aromatic rings. The quantitative estimate of drug-likeness (QED) is 0.648. The van der Waals surface area contributed by atoms with E-state index in [1.165, 1.54) is 32.1 Å². The second-order valence-electron chi connectivity index (χ2n) is 9.23. The molecule has 5 aliphatic carbocycles. The number of aliphatic carboxylic acids is 1. The molecule has 0 unspecified atom stereocenters. The van der Waals surface area contributed by atoms with Crippen LogP contribution in [0.3, 0.4) is 0 Å². The van der Waals surface area contributed by atoms with Gasteiger partial charge in [0.1, 0.15) is 0 Å². The third-order valence-corrected chi connectivity index (χ3v) is 7.63. The predicted molar refractivity (Wildman–Crippen MR) is 98.8 cm³/mol. The number of nitrogens with one attached hydrogen (secondary N) is 2. The minimum Gasteiger partial charge on any atom is -0.480 e. The molecular weight excluding hydrogens is 330 g/mol. The molecule has 3 N–H and O–H groups in total. The molecule has 5 saturated carbocycles. The normalized spacial score (nSPS) is 40.3. The summed E-state index contributed by atoms with van der Waals surface area (Å²) in [6, 6.07) is 0.427. The molecular formula is C20H33N3O3. The number of rotatable bonds is 7. The highest BCUT2D eigenvalue weighted by molar-refractivity contribution is 5.74. The second-order valence-corrected chi connectivity index (χ2v) is 9.23. The van der Waals surface area contributed by atoms with Crippen LogP contribution in [0.5, 0.6) is 0 Å². The van der Waals surface area contributed by atoms with Crippen molar-refractivity contribution < 1.29 is 14.7 Å². The zero-order valence-electron chi connectivity index (χ0n) is 15.8. The molecule has 5 rings (SSSR count). The number of nitrogens with zero attached hydrogens (tertiary/aromatic N) is 1. The van der Waals surface area contributed by atoms with Crippen molar-refractivity contribution in [2.24, 2.45) is 29.6 Å². The van der Waals surface area contributed by atoms with Crippen LogP contribution in [0.1, 0.15) is 51.9 Å². The maximum atomic E-state index is 12.3. The van der Waals surface area contributed by atoms with E-state index in [0.29, 0.717) is 5.92 Å². The van der Waals surface area contributed by atoms with Crippen LogP contribution in [0, 0.1) is 29.6 Å². The minimum absolute atomic E-state index is 0.0384. The Morgan fingerprint density at radius 1 is 1.00 bits per heavy atom. The molecule has 2 amide bonds. The number of likely N-dealkylation sites (N-methyl/N-ethyl adjacent to an activating group) is 1. The number of carboxylic acid groups (broad SMARTS) is 1. The van der Waals surface area contributed by atoms with Crippen LogP contribution < -0.4 is 10.6 Å². The number of carbonyl (C=O) groups excluding carboxylic acids is 1. The lowest BCUT2D eigenvalue weighted by Gasteiger charge is -2.54. The Bertz CT molecular complexity index is 518. The highest BCUT2D eigenvalue weighted by Gasteiger charge is 2.48. The van der Waals surface area contributed by atoms with E-state index in [1.807, 2.05) is 11.8 Å². The summed E-state index contributed by atoms with van der Waals surface area (Å²) in [5, 5.41) is 15.2. The van der Waals surface area contributed by atoms with Gasteiger partial charge in [0.25, 0.3) is 0 Å². The first-order chi connectivity index (χ1) is 12.5. The molecule has 5 fully saturated rings. The third-order valence-electron chi connectivity index (χ3n) is 7.63. The summed E-state index contributed by atoms with van der Waals surface area (Å²) in [5.74, 6) is 3.54. The van der Waals surface area contributed by atoms with Crippen LogP contribution >= 0.6 is 0 Å². The number of hydrogen-bond donors (Lipinski definition) is 3. The van der Waals surface area contributed by atoms with Crippen LogP contribution in [0.4, 0.5) is 4.79 Å². The summed E-state index contributed by atoms with van der Waals surface area (Å²) >= 11 is 0. The third kappa shape index (κ3) is 3.71. The van der Waals surface area contributed by atoms with Gasteiger partial charge in [-0.1, -0.05) is 6.92 Å². The van der Waals surface area contributed by atoms with Crippen molar-refractivity contribution in [2.75, 3.05) is 19.6 Å². The largest absolute Gasteiger partial charge is 0.480 e. The Kier molecular flexibility index (Phi) is 5.13. The van der Waals surface area contributed by atoms with E-state index in [9.17, 15) is 9.59 Å². The second kappa shape index (κ2) is 7.37. The topological polar surface area (TPSA) is 81.7 Å². The molecule has 0 atom stereocenters. The summed E-state index contributed by atoms with van der Waals surface area (Å²) in [4.78, 5) is 25.1. The average Bonchev–Trinajstić information content (AvgIpc) is 2.54. The van der Waals surface area contributed by atoms with Crippen molar-refractivity contribution in [3.63, 3.8) is 0 Å². The SMILES string of the molecule is CCN(CC(=O)O)C1CC(NC(=O)NCC2C3CC4CC(C3)CC2C4)C1. The minimum atomic E-state index is -0.781. The average molecular weight is 364 g/mol. The van der Waals surface area contributed by atoms with Gasteiger partial charge in [-0.05, 0) is 81.1 Å². The Morgan fingerprint density at radius 3 is 2.15 bits per heavy atom. The summed E-state index contributed by atoms with van der Waals surface area (Å²) in [7, 11) is 0. The van der Waals surface area contributed by atoms with Crippen molar-refractivity contribution in [1.82, 2.24) is 15.5 Å². The summed E-state index contributed by atoms with van der Waals surface area (Å²) in [6.07, 6.45) is 8.74. The van der Waals surface area contributed by atoms with Gasteiger partial charge in [0.05, 0.1) is 6.54 Å². The van der Waals surface area contributed by atoms with Crippen LogP contribution in [0.25, 0.3) is 0 Å². The van der Waals surface area contributed by atoms with Crippen LogP contribution in [-0.2, 0) is 4.79 Å². The van der Waals surface area contributed by atoms with Gasteiger partial charge >= 0.3 is 12.0 Å². The van der Waals surface area contributed by atoms with Crippen LogP contribution in [0.2, 0.25) is 0 Å². The molecule has 0 heterocycles. The lowest BCUT2D eigenvalue weighted by atomic mass is 9.52. The van der Waals surface area contributed by atoms with E-state index < -0.39 is 5.97 Å². The van der Waals surface area contributed by atoms with E-state index >= 15 is 0 Å². The monoisotopic (exact) mass is 363 g/mol. The summed E-state index contributed by atoms with van der Waals surface area (Å²) in [6.45, 7) is 3.65. The zero-order valence-corrected chi connectivity index (χ0v) is 15.8. The predicted octanol–water partition coefficient (Wildman–Crippen LogP) is 2.30. The molecule has 5 aliphatic rings. The van der Waals surface area contributed by atoms with Gasteiger partial charge in [0, 0.05) is 18.6 Å². The molecule has 6 nitrogen and oxygen atoms in total. The Balaban J connectivity index is 1.17. The van der Waals surface area contributed by atoms with Crippen molar-refractivity contribution in [3.8, 4) is 0 Å². The number of amides is 2. The molecule has 0 aromatic carbocycles. The number of carbonyl (C=O) groups is 2. The first-order valence-electron chi connectivity index (χ1n) is 10.5. The molecule has 146 valence electrons. The smallest absolute Gasteiger partial charge is 0.317 e. The summed E-state index contributed by atoms with van der Waals surface area (Å²) in [5.41, 5.74) is 0. The molecule has 0 spiro atoms. The fourth-order valence-electron chi connectivity index (χ4n) is 6.49. The van der Waals surface area contributed by atoms with Gasteiger partial charge in [-0.2, -0.15) is 0 Å². The molecule has 26 heavy (non-hydrogen) atoms.